The lowest BCUT2D eigenvalue weighted by Crippen LogP contribution is -2.49. The van der Waals surface area contributed by atoms with Gasteiger partial charge in [0.15, 0.2) is 5.96 Å². The van der Waals surface area contributed by atoms with Gasteiger partial charge in [-0.05, 0) is 52.6 Å². The number of guanidine groups is 1. The van der Waals surface area contributed by atoms with Crippen molar-refractivity contribution in [2.45, 2.75) is 46.1 Å². The largest absolute Gasteiger partial charge is 0.356 e. The summed E-state index contributed by atoms with van der Waals surface area (Å²) in [6.07, 6.45) is 2.52. The third-order valence-corrected chi connectivity index (χ3v) is 3.76. The molecule has 0 saturated carbocycles. The minimum absolute atomic E-state index is 0.0229. The predicted octanol–water partition coefficient (Wildman–Crippen LogP) is 0.798. The molecule has 1 fully saturated rings. The van der Waals surface area contributed by atoms with Crippen LogP contribution >= 0.6 is 0 Å². The van der Waals surface area contributed by atoms with Crippen molar-refractivity contribution in [1.29, 1.82) is 0 Å². The molecular formula is C16H33N5O. The fraction of sp³-hybridized carbons (Fsp3) is 0.875. The Hall–Kier alpha value is -1.30. The SMILES string of the molecule is CCN1CCCC(CNC(=NC)NCC(=O)NC(C)(C)C)C1. The Morgan fingerprint density at radius 2 is 2.05 bits per heavy atom. The Kier molecular flexibility index (Phi) is 7.65. The van der Waals surface area contributed by atoms with Crippen molar-refractivity contribution in [3.8, 4) is 0 Å². The zero-order valence-corrected chi connectivity index (χ0v) is 14.8. The third kappa shape index (κ3) is 7.64. The molecular weight excluding hydrogens is 278 g/mol. The lowest BCUT2D eigenvalue weighted by atomic mass is 9.98. The average Bonchev–Trinajstić information content (AvgIpc) is 2.46. The smallest absolute Gasteiger partial charge is 0.239 e. The molecule has 0 spiro atoms. The molecule has 6 heteroatoms. The number of likely N-dealkylation sites (tertiary alicyclic amines) is 1. The van der Waals surface area contributed by atoms with Crippen LogP contribution in [0.4, 0.5) is 0 Å². The molecule has 1 aliphatic heterocycles. The lowest BCUT2D eigenvalue weighted by molar-refractivity contribution is -0.121. The molecule has 1 heterocycles. The van der Waals surface area contributed by atoms with Crippen molar-refractivity contribution in [2.75, 3.05) is 39.8 Å². The maximum absolute atomic E-state index is 11.8. The summed E-state index contributed by atoms with van der Waals surface area (Å²) in [6, 6.07) is 0. The van der Waals surface area contributed by atoms with Gasteiger partial charge in [0.05, 0.1) is 6.54 Å². The molecule has 0 aromatic rings. The van der Waals surface area contributed by atoms with Crippen LogP contribution in [0.5, 0.6) is 0 Å². The molecule has 1 amide bonds. The van der Waals surface area contributed by atoms with Crippen molar-refractivity contribution in [1.82, 2.24) is 20.9 Å². The summed E-state index contributed by atoms with van der Waals surface area (Å²) < 4.78 is 0. The Bertz CT molecular complexity index is 375. The van der Waals surface area contributed by atoms with Gasteiger partial charge in [-0.15, -0.1) is 0 Å². The van der Waals surface area contributed by atoms with Crippen LogP contribution in [0, 0.1) is 5.92 Å². The molecule has 1 atom stereocenters. The minimum Gasteiger partial charge on any atom is -0.356 e. The highest BCUT2D eigenvalue weighted by molar-refractivity contribution is 5.86. The van der Waals surface area contributed by atoms with Crippen molar-refractivity contribution in [2.24, 2.45) is 10.9 Å². The van der Waals surface area contributed by atoms with Gasteiger partial charge in [0, 0.05) is 25.7 Å². The van der Waals surface area contributed by atoms with Gasteiger partial charge in [0.1, 0.15) is 0 Å². The van der Waals surface area contributed by atoms with Crippen LogP contribution in [-0.2, 0) is 4.79 Å². The van der Waals surface area contributed by atoms with E-state index < -0.39 is 0 Å². The molecule has 6 nitrogen and oxygen atoms in total. The van der Waals surface area contributed by atoms with E-state index in [0.29, 0.717) is 11.9 Å². The van der Waals surface area contributed by atoms with E-state index in [-0.39, 0.29) is 18.0 Å². The first-order valence-corrected chi connectivity index (χ1v) is 8.32. The van der Waals surface area contributed by atoms with Crippen LogP contribution < -0.4 is 16.0 Å². The zero-order chi connectivity index (χ0) is 16.6. The average molecular weight is 311 g/mol. The normalized spacial score (nSPS) is 20.6. The molecule has 128 valence electrons. The summed E-state index contributed by atoms with van der Waals surface area (Å²) in [7, 11) is 1.73. The number of rotatable bonds is 5. The second kappa shape index (κ2) is 8.98. The Balaban J connectivity index is 2.29. The van der Waals surface area contributed by atoms with E-state index in [9.17, 15) is 4.79 Å². The summed E-state index contributed by atoms with van der Waals surface area (Å²) in [4.78, 5) is 18.5. The lowest BCUT2D eigenvalue weighted by Gasteiger charge is -2.32. The van der Waals surface area contributed by atoms with Gasteiger partial charge >= 0.3 is 0 Å². The van der Waals surface area contributed by atoms with Crippen LogP contribution in [0.2, 0.25) is 0 Å². The fourth-order valence-corrected chi connectivity index (χ4v) is 2.69. The summed E-state index contributed by atoms with van der Waals surface area (Å²) in [6.45, 7) is 12.7. The van der Waals surface area contributed by atoms with Crippen LogP contribution in [0.1, 0.15) is 40.5 Å². The van der Waals surface area contributed by atoms with Gasteiger partial charge in [0.25, 0.3) is 0 Å². The molecule has 1 rings (SSSR count). The van der Waals surface area contributed by atoms with Gasteiger partial charge in [-0.3, -0.25) is 9.79 Å². The highest BCUT2D eigenvalue weighted by atomic mass is 16.2. The Morgan fingerprint density at radius 3 is 2.64 bits per heavy atom. The van der Waals surface area contributed by atoms with Gasteiger partial charge in [0.2, 0.25) is 5.91 Å². The van der Waals surface area contributed by atoms with E-state index in [1.54, 1.807) is 7.05 Å². The van der Waals surface area contributed by atoms with E-state index >= 15 is 0 Å². The quantitative estimate of drug-likeness (QED) is 0.519. The van der Waals surface area contributed by atoms with Crippen LogP contribution in [0.25, 0.3) is 0 Å². The van der Waals surface area contributed by atoms with Crippen LogP contribution in [0.15, 0.2) is 4.99 Å². The molecule has 1 aliphatic rings. The summed E-state index contributed by atoms with van der Waals surface area (Å²) in [5, 5.41) is 9.33. The van der Waals surface area contributed by atoms with Gasteiger partial charge in [-0.25, -0.2) is 0 Å². The van der Waals surface area contributed by atoms with Crippen molar-refractivity contribution >= 4 is 11.9 Å². The van der Waals surface area contributed by atoms with E-state index in [2.05, 4.69) is 32.8 Å². The Labute approximate surface area is 135 Å². The van der Waals surface area contributed by atoms with E-state index in [1.807, 2.05) is 20.8 Å². The number of aliphatic imine (C=N–C) groups is 1. The van der Waals surface area contributed by atoms with Gasteiger partial charge in [-0.1, -0.05) is 6.92 Å². The number of hydrogen-bond donors (Lipinski definition) is 3. The number of nitrogens with zero attached hydrogens (tertiary/aromatic N) is 2. The molecule has 1 unspecified atom stereocenters. The molecule has 0 aromatic carbocycles. The summed E-state index contributed by atoms with van der Waals surface area (Å²) in [5.74, 6) is 1.32. The van der Waals surface area contributed by atoms with E-state index in [4.69, 9.17) is 0 Å². The number of hydrogen-bond acceptors (Lipinski definition) is 3. The van der Waals surface area contributed by atoms with Gasteiger partial charge in [-0.2, -0.15) is 0 Å². The second-order valence-corrected chi connectivity index (χ2v) is 7.01. The molecule has 0 bridgehead atoms. The van der Waals surface area contributed by atoms with Crippen LogP contribution in [0.3, 0.4) is 0 Å². The highest BCUT2D eigenvalue weighted by Gasteiger charge is 2.19. The molecule has 3 N–H and O–H groups in total. The molecule has 1 saturated heterocycles. The van der Waals surface area contributed by atoms with Crippen molar-refractivity contribution < 1.29 is 4.79 Å². The molecule has 0 aromatic heterocycles. The number of nitrogens with one attached hydrogen (secondary N) is 3. The first-order valence-electron chi connectivity index (χ1n) is 8.32. The maximum Gasteiger partial charge on any atom is 0.239 e. The minimum atomic E-state index is -0.207. The molecule has 0 aliphatic carbocycles. The number of amides is 1. The predicted molar refractivity (Wildman–Crippen MR) is 92.1 cm³/mol. The van der Waals surface area contributed by atoms with Crippen LogP contribution in [-0.4, -0.2) is 62.1 Å². The number of piperidine rings is 1. The first kappa shape index (κ1) is 18.7. The molecule has 0 radical (unpaired) electrons. The number of carbonyl (C=O) groups excluding carboxylic acids is 1. The number of carbonyl (C=O) groups is 1. The van der Waals surface area contributed by atoms with Crippen molar-refractivity contribution in [3.05, 3.63) is 0 Å². The second-order valence-electron chi connectivity index (χ2n) is 7.01. The standard InChI is InChI=1S/C16H33N5O/c1-6-21-9-7-8-13(12-21)10-18-15(17-5)19-11-14(22)20-16(2,3)4/h13H,6-12H2,1-5H3,(H,20,22)(H2,17,18,19). The third-order valence-electron chi connectivity index (χ3n) is 3.76. The zero-order valence-electron chi connectivity index (χ0n) is 14.8. The first-order chi connectivity index (χ1) is 10.3. The maximum atomic E-state index is 11.8. The molecule has 22 heavy (non-hydrogen) atoms. The highest BCUT2D eigenvalue weighted by Crippen LogP contribution is 2.14. The van der Waals surface area contributed by atoms with Gasteiger partial charge < -0.3 is 20.9 Å². The fourth-order valence-electron chi connectivity index (χ4n) is 2.69. The summed E-state index contributed by atoms with van der Waals surface area (Å²) >= 11 is 0. The van der Waals surface area contributed by atoms with E-state index in [1.165, 1.54) is 19.4 Å². The monoisotopic (exact) mass is 311 g/mol. The summed E-state index contributed by atoms with van der Waals surface area (Å²) in [5.41, 5.74) is -0.207. The van der Waals surface area contributed by atoms with Crippen molar-refractivity contribution in [3.63, 3.8) is 0 Å². The topological polar surface area (TPSA) is 68.8 Å². The van der Waals surface area contributed by atoms with E-state index in [0.717, 1.165) is 19.6 Å². The Morgan fingerprint density at radius 1 is 1.32 bits per heavy atom.